The van der Waals surface area contributed by atoms with E-state index in [1.165, 1.54) is 43.5 Å². The van der Waals surface area contributed by atoms with Crippen LogP contribution in [0.2, 0.25) is 0 Å². The Morgan fingerprint density at radius 1 is 0.839 bits per heavy atom. The van der Waals surface area contributed by atoms with Crippen molar-refractivity contribution in [3.8, 4) is 0 Å². The number of benzene rings is 3. The molecule has 2 aliphatic rings. The van der Waals surface area contributed by atoms with Crippen molar-refractivity contribution in [3.05, 3.63) is 125 Å². The van der Waals surface area contributed by atoms with Gasteiger partial charge in [0.15, 0.2) is 5.71 Å². The van der Waals surface area contributed by atoms with Crippen LogP contribution >= 0.6 is 11.8 Å². The first-order valence-corrected chi connectivity index (χ1v) is 11.5. The van der Waals surface area contributed by atoms with E-state index in [4.69, 9.17) is 0 Å². The molecule has 0 aromatic heterocycles. The molecule has 0 aliphatic carbocycles. The molecular formula is C29H26NS+. The van der Waals surface area contributed by atoms with Crippen molar-refractivity contribution >= 4 is 28.7 Å². The van der Waals surface area contributed by atoms with Crippen LogP contribution < -0.4 is 0 Å². The summed E-state index contributed by atoms with van der Waals surface area (Å²) in [4.78, 5) is 2.56. The van der Waals surface area contributed by atoms with Gasteiger partial charge in [0.05, 0.1) is 5.41 Å². The summed E-state index contributed by atoms with van der Waals surface area (Å²) in [5.41, 5.74) is 7.85. The summed E-state index contributed by atoms with van der Waals surface area (Å²) in [5.74, 6) is 0. The number of para-hydroxylation sites is 1. The molecule has 2 aliphatic heterocycles. The second-order valence-electron chi connectivity index (χ2n) is 8.54. The maximum absolute atomic E-state index is 2.32. The molecule has 3 aromatic carbocycles. The lowest BCUT2D eigenvalue weighted by atomic mass is 9.81. The van der Waals surface area contributed by atoms with Crippen molar-refractivity contribution in [2.24, 2.45) is 0 Å². The van der Waals surface area contributed by atoms with Gasteiger partial charge in [-0.3, -0.25) is 0 Å². The third-order valence-electron chi connectivity index (χ3n) is 6.23. The molecule has 2 heteroatoms. The Kier molecular flexibility index (Phi) is 5.03. The quantitative estimate of drug-likeness (QED) is 0.400. The minimum absolute atomic E-state index is 0.00229. The van der Waals surface area contributed by atoms with Crippen molar-refractivity contribution < 1.29 is 4.58 Å². The van der Waals surface area contributed by atoms with Gasteiger partial charge in [-0.1, -0.05) is 84.6 Å². The molecule has 0 amide bonds. The average molecular weight is 421 g/mol. The molecule has 1 nitrogen and oxygen atoms in total. The first kappa shape index (κ1) is 19.8. The zero-order valence-electron chi connectivity index (χ0n) is 18.2. The number of allylic oxidation sites excluding steroid dienone is 4. The zero-order chi connectivity index (χ0) is 21.4. The number of rotatable bonds is 3. The third-order valence-corrected chi connectivity index (χ3v) is 7.30. The first-order valence-electron chi connectivity index (χ1n) is 10.7. The minimum atomic E-state index is -0.00229. The second kappa shape index (κ2) is 7.86. The van der Waals surface area contributed by atoms with Crippen molar-refractivity contribution in [1.82, 2.24) is 0 Å². The maximum atomic E-state index is 2.32. The summed E-state index contributed by atoms with van der Waals surface area (Å²) in [7, 11) is 2.17. The molecule has 5 rings (SSSR count). The summed E-state index contributed by atoms with van der Waals surface area (Å²) in [6.45, 7) is 4.61. The van der Waals surface area contributed by atoms with E-state index >= 15 is 0 Å². The highest BCUT2D eigenvalue weighted by Crippen LogP contribution is 2.43. The Hall–Kier alpha value is -3.10. The SMILES string of the molecule is C[N+]1=C(/C=C/C=C2\C=C(c3ccccc3)c3ccccc3S2)C(C)(C)c2ccccc21. The van der Waals surface area contributed by atoms with Crippen molar-refractivity contribution in [2.75, 3.05) is 7.05 Å². The summed E-state index contributed by atoms with van der Waals surface area (Å²) in [6.07, 6.45) is 9.03. The fraction of sp³-hybridized carbons (Fsp3) is 0.138. The molecule has 0 N–H and O–H groups in total. The van der Waals surface area contributed by atoms with Gasteiger partial charge in [-0.15, -0.1) is 0 Å². The van der Waals surface area contributed by atoms with Crippen LogP contribution in [0.3, 0.4) is 0 Å². The molecule has 0 atom stereocenters. The van der Waals surface area contributed by atoms with E-state index in [0.717, 1.165) is 0 Å². The van der Waals surface area contributed by atoms with E-state index in [1.54, 1.807) is 0 Å². The van der Waals surface area contributed by atoms with E-state index in [0.29, 0.717) is 0 Å². The second-order valence-corrected chi connectivity index (χ2v) is 9.65. The maximum Gasteiger partial charge on any atom is 0.209 e. The predicted octanol–water partition coefficient (Wildman–Crippen LogP) is 7.37. The Labute approximate surface area is 189 Å². The van der Waals surface area contributed by atoms with E-state index in [-0.39, 0.29) is 5.41 Å². The van der Waals surface area contributed by atoms with Gasteiger partial charge in [0.25, 0.3) is 0 Å². The Morgan fingerprint density at radius 2 is 1.55 bits per heavy atom. The summed E-state index contributed by atoms with van der Waals surface area (Å²) >= 11 is 1.84. The topological polar surface area (TPSA) is 3.01 Å². The van der Waals surface area contributed by atoms with Gasteiger partial charge in [0.1, 0.15) is 7.05 Å². The van der Waals surface area contributed by atoms with Crippen molar-refractivity contribution in [1.29, 1.82) is 0 Å². The molecular weight excluding hydrogens is 394 g/mol. The molecule has 31 heavy (non-hydrogen) atoms. The Balaban J connectivity index is 1.51. The number of thioether (sulfide) groups is 1. The van der Waals surface area contributed by atoms with Crippen LogP contribution in [-0.4, -0.2) is 17.3 Å². The smallest absolute Gasteiger partial charge is 0.198 e. The number of nitrogens with zero attached hydrogens (tertiary/aromatic N) is 1. The molecule has 0 radical (unpaired) electrons. The lowest BCUT2D eigenvalue weighted by molar-refractivity contribution is -0.401. The van der Waals surface area contributed by atoms with Gasteiger partial charge in [0.2, 0.25) is 5.69 Å². The molecule has 0 saturated heterocycles. The number of hydrogen-bond donors (Lipinski definition) is 0. The Morgan fingerprint density at radius 3 is 2.35 bits per heavy atom. The van der Waals surface area contributed by atoms with Crippen LogP contribution in [0.4, 0.5) is 5.69 Å². The highest BCUT2D eigenvalue weighted by Gasteiger charge is 2.42. The van der Waals surface area contributed by atoms with Crippen LogP contribution in [0, 0.1) is 0 Å². The molecule has 0 fully saturated rings. The first-order chi connectivity index (χ1) is 15.1. The third kappa shape index (κ3) is 3.51. The molecule has 152 valence electrons. The van der Waals surface area contributed by atoms with Crippen molar-refractivity contribution in [3.63, 3.8) is 0 Å². The molecule has 0 unspecified atom stereocenters. The molecule has 3 aromatic rings. The highest BCUT2D eigenvalue weighted by atomic mass is 32.2. The molecule has 0 spiro atoms. The van der Waals surface area contributed by atoms with Gasteiger partial charge in [-0.2, -0.15) is 4.58 Å². The van der Waals surface area contributed by atoms with Crippen LogP contribution in [-0.2, 0) is 5.41 Å². The van der Waals surface area contributed by atoms with Gasteiger partial charge >= 0.3 is 0 Å². The van der Waals surface area contributed by atoms with Gasteiger partial charge in [-0.25, -0.2) is 0 Å². The molecule has 0 saturated carbocycles. The molecule has 0 bridgehead atoms. The normalized spacial score (nSPS) is 18.3. The fourth-order valence-electron chi connectivity index (χ4n) is 4.63. The minimum Gasteiger partial charge on any atom is -0.198 e. The van der Waals surface area contributed by atoms with Gasteiger partial charge in [-0.05, 0) is 48.8 Å². The van der Waals surface area contributed by atoms with Crippen LogP contribution in [0.5, 0.6) is 0 Å². The van der Waals surface area contributed by atoms with E-state index in [1.807, 2.05) is 11.8 Å². The average Bonchev–Trinajstić information content (AvgIpc) is 3.00. The van der Waals surface area contributed by atoms with E-state index < -0.39 is 0 Å². The number of fused-ring (bicyclic) bond motifs is 2. The molecule has 2 heterocycles. The predicted molar refractivity (Wildman–Crippen MR) is 133 cm³/mol. The fourth-order valence-corrected chi connectivity index (χ4v) is 5.64. The van der Waals surface area contributed by atoms with Gasteiger partial charge < -0.3 is 0 Å². The van der Waals surface area contributed by atoms with Crippen molar-refractivity contribution in [2.45, 2.75) is 24.2 Å². The standard InChI is InChI=1S/C29H26NS/c1-29(2)25-16-8-9-17-26(25)30(3)28(29)19-11-14-22-20-24(21-12-5-4-6-13-21)23-15-7-10-18-27(23)31-22/h4-20H,1-3H3/q+1/b19-11+,22-14+. The lowest BCUT2D eigenvalue weighted by Crippen LogP contribution is -2.26. The number of hydrogen-bond acceptors (Lipinski definition) is 1. The summed E-state index contributed by atoms with van der Waals surface area (Å²) in [6, 6.07) is 28.0. The van der Waals surface area contributed by atoms with E-state index in [2.05, 4.69) is 129 Å². The largest absolute Gasteiger partial charge is 0.209 e. The highest BCUT2D eigenvalue weighted by molar-refractivity contribution is 8.03. The Bertz CT molecular complexity index is 1270. The van der Waals surface area contributed by atoms with Crippen LogP contribution in [0.15, 0.2) is 113 Å². The lowest BCUT2D eigenvalue weighted by Gasteiger charge is -2.19. The monoisotopic (exact) mass is 420 g/mol. The van der Waals surface area contributed by atoms with Crippen LogP contribution in [0.1, 0.15) is 30.5 Å². The zero-order valence-corrected chi connectivity index (χ0v) is 19.0. The van der Waals surface area contributed by atoms with E-state index in [9.17, 15) is 0 Å². The summed E-state index contributed by atoms with van der Waals surface area (Å²) in [5, 5.41) is 0. The van der Waals surface area contributed by atoms with Crippen LogP contribution in [0.25, 0.3) is 5.57 Å². The van der Waals surface area contributed by atoms with Gasteiger partial charge in [0, 0.05) is 27.5 Å². The summed E-state index contributed by atoms with van der Waals surface area (Å²) < 4.78 is 2.32.